The molecular weight excluding hydrogens is 332 g/mol. The molecule has 2 aromatic rings. The van der Waals surface area contributed by atoms with Gasteiger partial charge in [0.25, 0.3) is 0 Å². The molecule has 1 heterocycles. The summed E-state index contributed by atoms with van der Waals surface area (Å²) in [4.78, 5) is 11.5. The predicted molar refractivity (Wildman–Crippen MR) is 103 cm³/mol. The Hall–Kier alpha value is -2.53. The standard InChI is InChI=1S/C21H26O5/c1-15(7-6-13-21(2,3)24-5)12-14-25-17-10-8-16-9-11-18(22)26-19(16)20(17)23-4/h6,8-13H,7,14H2,1-5H3/b13-6+,15-12+. The van der Waals surface area contributed by atoms with Gasteiger partial charge in [-0.2, -0.15) is 0 Å². The van der Waals surface area contributed by atoms with Gasteiger partial charge in [-0.15, -0.1) is 0 Å². The molecule has 1 aromatic carbocycles. The van der Waals surface area contributed by atoms with Crippen molar-refractivity contribution in [1.82, 2.24) is 0 Å². The molecule has 5 heteroatoms. The van der Waals surface area contributed by atoms with Crippen molar-refractivity contribution in [2.24, 2.45) is 0 Å². The minimum Gasteiger partial charge on any atom is -0.490 e. The molecule has 0 fully saturated rings. The quantitative estimate of drug-likeness (QED) is 0.514. The second-order valence-corrected chi connectivity index (χ2v) is 6.55. The number of fused-ring (bicyclic) bond motifs is 1. The van der Waals surface area contributed by atoms with Crippen molar-refractivity contribution in [3.8, 4) is 11.5 Å². The summed E-state index contributed by atoms with van der Waals surface area (Å²) >= 11 is 0. The molecule has 1 aromatic heterocycles. The average molecular weight is 358 g/mol. The van der Waals surface area contributed by atoms with E-state index in [9.17, 15) is 4.79 Å². The van der Waals surface area contributed by atoms with Gasteiger partial charge in [0, 0.05) is 18.6 Å². The van der Waals surface area contributed by atoms with E-state index in [4.69, 9.17) is 18.6 Å². The molecule has 0 aliphatic carbocycles. The van der Waals surface area contributed by atoms with E-state index in [0.717, 1.165) is 11.8 Å². The maximum Gasteiger partial charge on any atom is 0.336 e. The first-order valence-corrected chi connectivity index (χ1v) is 8.48. The highest BCUT2D eigenvalue weighted by atomic mass is 16.5. The summed E-state index contributed by atoms with van der Waals surface area (Å²) in [5.41, 5.74) is 0.885. The largest absolute Gasteiger partial charge is 0.490 e. The number of hydrogen-bond donors (Lipinski definition) is 0. The smallest absolute Gasteiger partial charge is 0.336 e. The maximum absolute atomic E-state index is 11.5. The molecule has 0 spiro atoms. The zero-order chi connectivity index (χ0) is 19.2. The fourth-order valence-corrected chi connectivity index (χ4v) is 2.35. The van der Waals surface area contributed by atoms with Crippen LogP contribution in [0, 0.1) is 0 Å². The van der Waals surface area contributed by atoms with Gasteiger partial charge in [-0.25, -0.2) is 4.79 Å². The minimum absolute atomic E-state index is 0.265. The van der Waals surface area contributed by atoms with E-state index in [-0.39, 0.29) is 5.60 Å². The lowest BCUT2D eigenvalue weighted by molar-refractivity contribution is 0.0654. The number of allylic oxidation sites excluding steroid dienone is 2. The van der Waals surface area contributed by atoms with Crippen molar-refractivity contribution < 1.29 is 18.6 Å². The van der Waals surface area contributed by atoms with Gasteiger partial charge in [-0.3, -0.25) is 0 Å². The highest BCUT2D eigenvalue weighted by Gasteiger charge is 2.12. The molecule has 2 rings (SSSR count). The fraction of sp³-hybridized carbons (Fsp3) is 0.381. The van der Waals surface area contributed by atoms with E-state index in [2.05, 4.69) is 6.08 Å². The van der Waals surface area contributed by atoms with Crippen LogP contribution in [0.2, 0.25) is 0 Å². The molecule has 0 aliphatic rings. The monoisotopic (exact) mass is 358 g/mol. The highest BCUT2D eigenvalue weighted by molar-refractivity contribution is 5.85. The first kappa shape index (κ1) is 19.8. The molecule has 0 amide bonds. The molecule has 5 nitrogen and oxygen atoms in total. The summed E-state index contributed by atoms with van der Waals surface area (Å²) in [5.74, 6) is 0.961. The topological polar surface area (TPSA) is 57.9 Å². The summed E-state index contributed by atoms with van der Waals surface area (Å²) in [6.45, 7) is 6.46. The summed E-state index contributed by atoms with van der Waals surface area (Å²) in [7, 11) is 3.22. The second kappa shape index (κ2) is 8.72. The molecule has 0 bridgehead atoms. The Kier molecular flexibility index (Phi) is 6.64. The van der Waals surface area contributed by atoms with Crippen molar-refractivity contribution in [3.63, 3.8) is 0 Å². The van der Waals surface area contributed by atoms with Crippen molar-refractivity contribution in [3.05, 3.63) is 58.5 Å². The Bertz CT molecular complexity index is 858. The summed E-state index contributed by atoms with van der Waals surface area (Å²) in [5, 5.41) is 0.784. The SMILES string of the molecule is COc1c(OC/C=C(\C)C/C=C/C(C)(C)OC)ccc2ccc(=O)oc12. The van der Waals surface area contributed by atoms with Crippen LogP contribution >= 0.6 is 0 Å². The van der Waals surface area contributed by atoms with Crippen LogP contribution in [0.25, 0.3) is 11.0 Å². The van der Waals surface area contributed by atoms with E-state index in [0.29, 0.717) is 23.7 Å². The van der Waals surface area contributed by atoms with Gasteiger partial charge in [0.05, 0.1) is 12.7 Å². The molecule has 0 saturated heterocycles. The number of ether oxygens (including phenoxy) is 3. The van der Waals surface area contributed by atoms with E-state index in [1.54, 1.807) is 13.2 Å². The molecule has 0 aliphatic heterocycles. The van der Waals surface area contributed by atoms with E-state index in [1.807, 2.05) is 45.1 Å². The third-order valence-electron chi connectivity index (χ3n) is 4.07. The Morgan fingerprint density at radius 2 is 1.92 bits per heavy atom. The lowest BCUT2D eigenvalue weighted by Crippen LogP contribution is -2.18. The van der Waals surface area contributed by atoms with Crippen molar-refractivity contribution >= 4 is 11.0 Å². The van der Waals surface area contributed by atoms with Gasteiger partial charge in [0.1, 0.15) is 6.61 Å². The van der Waals surface area contributed by atoms with Crippen LogP contribution in [0.15, 0.2) is 57.3 Å². The van der Waals surface area contributed by atoms with Crippen LogP contribution < -0.4 is 15.1 Å². The molecule has 0 radical (unpaired) electrons. The maximum atomic E-state index is 11.5. The number of benzene rings is 1. The second-order valence-electron chi connectivity index (χ2n) is 6.55. The van der Waals surface area contributed by atoms with Crippen molar-refractivity contribution in [1.29, 1.82) is 0 Å². The number of rotatable bonds is 8. The Balaban J connectivity index is 2.06. The fourth-order valence-electron chi connectivity index (χ4n) is 2.35. The molecule has 0 atom stereocenters. The Morgan fingerprint density at radius 1 is 1.19 bits per heavy atom. The molecule has 26 heavy (non-hydrogen) atoms. The summed E-state index contributed by atoms with van der Waals surface area (Å²) in [6.07, 6.45) is 6.95. The zero-order valence-electron chi connectivity index (χ0n) is 16.0. The van der Waals surface area contributed by atoms with E-state index in [1.165, 1.54) is 18.7 Å². The Morgan fingerprint density at radius 3 is 2.62 bits per heavy atom. The average Bonchev–Trinajstić information content (AvgIpc) is 2.61. The Labute approximate surface area is 153 Å². The third kappa shape index (κ3) is 5.23. The van der Waals surface area contributed by atoms with Gasteiger partial charge in [-0.1, -0.05) is 17.7 Å². The lowest BCUT2D eigenvalue weighted by atomic mass is 10.1. The molecule has 0 unspecified atom stereocenters. The van der Waals surface area contributed by atoms with Crippen LogP contribution in [-0.4, -0.2) is 26.4 Å². The molecule has 0 saturated carbocycles. The number of methoxy groups -OCH3 is 2. The van der Waals surface area contributed by atoms with E-state index >= 15 is 0 Å². The highest BCUT2D eigenvalue weighted by Crippen LogP contribution is 2.34. The van der Waals surface area contributed by atoms with Gasteiger partial charge in [0.2, 0.25) is 5.75 Å². The zero-order valence-corrected chi connectivity index (χ0v) is 16.0. The lowest BCUT2D eigenvalue weighted by Gasteiger charge is -2.17. The van der Waals surface area contributed by atoms with Gasteiger partial charge >= 0.3 is 5.63 Å². The van der Waals surface area contributed by atoms with Crippen LogP contribution in [0.3, 0.4) is 0 Å². The predicted octanol–water partition coefficient (Wildman–Crippen LogP) is 4.50. The summed E-state index contributed by atoms with van der Waals surface area (Å²) in [6, 6.07) is 6.73. The molecular formula is C21H26O5. The van der Waals surface area contributed by atoms with Crippen LogP contribution in [0.4, 0.5) is 0 Å². The molecule has 0 N–H and O–H groups in total. The normalized spacial score (nSPS) is 12.7. The van der Waals surface area contributed by atoms with Crippen molar-refractivity contribution in [2.75, 3.05) is 20.8 Å². The first-order valence-electron chi connectivity index (χ1n) is 8.48. The van der Waals surface area contributed by atoms with Crippen LogP contribution in [0.5, 0.6) is 11.5 Å². The number of hydrogen-bond acceptors (Lipinski definition) is 5. The minimum atomic E-state index is -0.422. The van der Waals surface area contributed by atoms with Crippen LogP contribution in [-0.2, 0) is 4.74 Å². The first-order chi connectivity index (χ1) is 12.4. The summed E-state index contributed by atoms with van der Waals surface area (Å²) < 4.78 is 21.8. The van der Waals surface area contributed by atoms with Crippen LogP contribution in [0.1, 0.15) is 27.2 Å². The van der Waals surface area contributed by atoms with Gasteiger partial charge in [0.15, 0.2) is 11.3 Å². The van der Waals surface area contributed by atoms with E-state index < -0.39 is 5.63 Å². The van der Waals surface area contributed by atoms with Crippen molar-refractivity contribution in [2.45, 2.75) is 32.8 Å². The molecule has 140 valence electrons. The third-order valence-corrected chi connectivity index (χ3v) is 4.07. The van der Waals surface area contributed by atoms with Gasteiger partial charge in [-0.05, 0) is 51.5 Å². The van der Waals surface area contributed by atoms with Gasteiger partial charge < -0.3 is 18.6 Å².